The second kappa shape index (κ2) is 9.17. The van der Waals surface area contributed by atoms with Crippen molar-refractivity contribution in [3.05, 3.63) is 71.8 Å². The first kappa shape index (κ1) is 21.2. The van der Waals surface area contributed by atoms with Crippen LogP contribution in [0, 0.1) is 11.8 Å². The normalized spacial score (nSPS) is 12.8. The maximum absolute atomic E-state index is 12.7. The quantitative estimate of drug-likeness (QED) is 0.346. The summed E-state index contributed by atoms with van der Waals surface area (Å²) in [6.07, 6.45) is 0.376. The third kappa shape index (κ3) is 6.20. The van der Waals surface area contributed by atoms with Gasteiger partial charge in [0.05, 0.1) is 12.5 Å². The van der Waals surface area contributed by atoms with Gasteiger partial charge in [-0.3, -0.25) is 4.79 Å². The van der Waals surface area contributed by atoms with Gasteiger partial charge in [-0.25, -0.2) is 0 Å². The van der Waals surface area contributed by atoms with Crippen molar-refractivity contribution in [3.63, 3.8) is 0 Å². The molecule has 1 unspecified atom stereocenters. The highest BCUT2D eigenvalue weighted by atomic mass is 28.4. The van der Waals surface area contributed by atoms with Crippen LogP contribution in [0.25, 0.3) is 0 Å². The van der Waals surface area contributed by atoms with E-state index in [9.17, 15) is 4.79 Å². The molecule has 0 aliphatic carbocycles. The molecule has 1 atom stereocenters. The molecular weight excluding hydrogens is 348 g/mol. The molecule has 0 N–H and O–H groups in total. The van der Waals surface area contributed by atoms with Crippen LogP contribution in [0.5, 0.6) is 0 Å². The zero-order valence-electron chi connectivity index (χ0n) is 17.1. The Morgan fingerprint density at radius 3 is 2.11 bits per heavy atom. The SMILES string of the molecule is CC(C)(C)[Si](C)(C)OCC#CC(CC(=O)c1ccccc1)c1ccccc1. The summed E-state index contributed by atoms with van der Waals surface area (Å²) in [4.78, 5) is 12.7. The zero-order valence-corrected chi connectivity index (χ0v) is 18.1. The van der Waals surface area contributed by atoms with E-state index in [1.54, 1.807) is 0 Å². The summed E-state index contributed by atoms with van der Waals surface area (Å²) < 4.78 is 6.15. The van der Waals surface area contributed by atoms with Crippen molar-refractivity contribution >= 4 is 14.1 Å². The molecule has 0 aliphatic heterocycles. The number of benzene rings is 2. The van der Waals surface area contributed by atoms with Gasteiger partial charge in [0.1, 0.15) is 0 Å². The number of carbonyl (C=O) groups excluding carboxylic acids is 1. The molecule has 0 amide bonds. The Morgan fingerprint density at radius 2 is 1.56 bits per heavy atom. The summed E-state index contributed by atoms with van der Waals surface area (Å²) in [5.41, 5.74) is 1.80. The number of carbonyl (C=O) groups is 1. The third-order valence-corrected chi connectivity index (χ3v) is 9.75. The summed E-state index contributed by atoms with van der Waals surface area (Å²) in [6.45, 7) is 11.5. The number of hydrogen-bond acceptors (Lipinski definition) is 2. The lowest BCUT2D eigenvalue weighted by molar-refractivity contribution is 0.0979. The summed E-state index contributed by atoms with van der Waals surface area (Å²) in [7, 11) is -1.81. The molecule has 2 nitrogen and oxygen atoms in total. The van der Waals surface area contributed by atoms with Gasteiger partial charge in [0.2, 0.25) is 0 Å². The molecule has 0 saturated heterocycles. The molecule has 0 aliphatic rings. The summed E-state index contributed by atoms with van der Waals surface area (Å²) in [5.74, 6) is 6.46. The van der Waals surface area contributed by atoms with Gasteiger partial charge in [0.15, 0.2) is 14.1 Å². The smallest absolute Gasteiger partial charge is 0.193 e. The third-order valence-electron chi connectivity index (χ3n) is 5.27. The molecule has 2 rings (SSSR count). The molecule has 0 spiro atoms. The Labute approximate surface area is 165 Å². The van der Waals surface area contributed by atoms with Crippen LogP contribution in [0.2, 0.25) is 18.1 Å². The van der Waals surface area contributed by atoms with Crippen LogP contribution in [0.15, 0.2) is 60.7 Å². The topological polar surface area (TPSA) is 26.3 Å². The lowest BCUT2D eigenvalue weighted by atomic mass is 9.92. The predicted octanol–water partition coefficient (Wildman–Crippen LogP) is 6.07. The van der Waals surface area contributed by atoms with Gasteiger partial charge in [-0.05, 0) is 23.7 Å². The van der Waals surface area contributed by atoms with Gasteiger partial charge in [-0.2, -0.15) is 0 Å². The molecule has 2 aromatic carbocycles. The van der Waals surface area contributed by atoms with Crippen LogP contribution in [-0.4, -0.2) is 20.7 Å². The Bertz CT molecular complexity index is 793. The first-order chi connectivity index (χ1) is 12.7. The molecule has 27 heavy (non-hydrogen) atoms. The summed E-state index contributed by atoms with van der Waals surface area (Å²) >= 11 is 0. The molecule has 0 radical (unpaired) electrons. The fourth-order valence-corrected chi connectivity index (χ4v) is 3.33. The van der Waals surface area contributed by atoms with Gasteiger partial charge in [-0.1, -0.05) is 93.3 Å². The average Bonchev–Trinajstić information content (AvgIpc) is 2.64. The van der Waals surface area contributed by atoms with Crippen molar-refractivity contribution in [1.82, 2.24) is 0 Å². The minimum Gasteiger partial charge on any atom is -0.406 e. The van der Waals surface area contributed by atoms with Crippen LogP contribution in [0.3, 0.4) is 0 Å². The van der Waals surface area contributed by atoms with E-state index >= 15 is 0 Å². The molecule has 0 heterocycles. The molecule has 2 aromatic rings. The predicted molar refractivity (Wildman–Crippen MR) is 115 cm³/mol. The molecule has 3 heteroatoms. The molecule has 142 valence electrons. The van der Waals surface area contributed by atoms with Crippen molar-refractivity contribution in [3.8, 4) is 11.8 Å². The molecule has 0 bridgehead atoms. The second-order valence-electron chi connectivity index (χ2n) is 8.33. The average molecular weight is 379 g/mol. The Hall–Kier alpha value is -2.15. The highest BCUT2D eigenvalue weighted by Crippen LogP contribution is 2.36. The molecule has 0 saturated carbocycles. The Morgan fingerprint density at radius 1 is 1.00 bits per heavy atom. The number of hydrogen-bond donors (Lipinski definition) is 0. The van der Waals surface area contributed by atoms with Crippen LogP contribution >= 0.6 is 0 Å². The van der Waals surface area contributed by atoms with E-state index < -0.39 is 8.32 Å². The molecule has 0 fully saturated rings. The van der Waals surface area contributed by atoms with Crippen molar-refractivity contribution in [1.29, 1.82) is 0 Å². The van der Waals surface area contributed by atoms with Gasteiger partial charge >= 0.3 is 0 Å². The maximum atomic E-state index is 12.7. The summed E-state index contributed by atoms with van der Waals surface area (Å²) in [5, 5.41) is 0.163. The minimum atomic E-state index is -1.81. The zero-order chi connectivity index (χ0) is 19.9. The minimum absolute atomic E-state index is 0.115. The van der Waals surface area contributed by atoms with Crippen LogP contribution in [0.4, 0.5) is 0 Å². The van der Waals surface area contributed by atoms with Crippen LogP contribution in [0.1, 0.15) is 49.0 Å². The largest absolute Gasteiger partial charge is 0.406 e. The lowest BCUT2D eigenvalue weighted by Gasteiger charge is -2.35. The van der Waals surface area contributed by atoms with E-state index in [2.05, 4.69) is 45.7 Å². The lowest BCUT2D eigenvalue weighted by Crippen LogP contribution is -2.40. The highest BCUT2D eigenvalue weighted by Gasteiger charge is 2.36. The second-order valence-corrected chi connectivity index (χ2v) is 13.1. The van der Waals surface area contributed by atoms with Gasteiger partial charge in [0, 0.05) is 12.0 Å². The van der Waals surface area contributed by atoms with Crippen molar-refractivity contribution in [2.45, 2.75) is 51.2 Å². The fraction of sp³-hybridized carbons (Fsp3) is 0.375. The highest BCUT2D eigenvalue weighted by molar-refractivity contribution is 6.74. The number of rotatable bonds is 6. The monoisotopic (exact) mass is 378 g/mol. The van der Waals surface area contributed by atoms with Crippen LogP contribution < -0.4 is 0 Å². The number of Topliss-reactive ketones (excluding diaryl/α,β-unsaturated/α-hetero) is 1. The first-order valence-corrected chi connectivity index (χ1v) is 12.4. The number of ketones is 1. The van der Waals surface area contributed by atoms with Crippen molar-refractivity contribution in [2.75, 3.05) is 6.61 Å². The van der Waals surface area contributed by atoms with Crippen LogP contribution in [-0.2, 0) is 4.43 Å². The van der Waals surface area contributed by atoms with Crippen molar-refractivity contribution < 1.29 is 9.22 Å². The standard InChI is InChI=1S/C24H30O2Si/c1-24(2,3)27(4,5)26-18-12-17-22(20-13-8-6-9-14-20)19-23(25)21-15-10-7-11-16-21/h6-11,13-16,22H,18-19H2,1-5H3. The van der Waals surface area contributed by atoms with E-state index in [0.717, 1.165) is 11.1 Å². The van der Waals surface area contributed by atoms with E-state index in [0.29, 0.717) is 13.0 Å². The maximum Gasteiger partial charge on any atom is 0.193 e. The van der Waals surface area contributed by atoms with Crippen molar-refractivity contribution in [2.24, 2.45) is 0 Å². The first-order valence-electron chi connectivity index (χ1n) is 9.46. The fourth-order valence-electron chi connectivity index (χ4n) is 2.46. The van der Waals surface area contributed by atoms with Gasteiger partial charge in [0.25, 0.3) is 0 Å². The van der Waals surface area contributed by atoms with E-state index in [4.69, 9.17) is 4.43 Å². The summed E-state index contributed by atoms with van der Waals surface area (Å²) in [6, 6.07) is 19.5. The Kier molecular flexibility index (Phi) is 7.18. The Balaban J connectivity index is 2.12. The van der Waals surface area contributed by atoms with E-state index in [1.165, 1.54) is 0 Å². The van der Waals surface area contributed by atoms with Gasteiger partial charge < -0.3 is 4.43 Å². The molecule has 0 aromatic heterocycles. The van der Waals surface area contributed by atoms with E-state index in [-0.39, 0.29) is 16.7 Å². The van der Waals surface area contributed by atoms with E-state index in [1.807, 2.05) is 60.7 Å². The van der Waals surface area contributed by atoms with Gasteiger partial charge in [-0.15, -0.1) is 0 Å². The molecular formula is C24H30O2Si.